The van der Waals surface area contributed by atoms with Crippen LogP contribution in [-0.4, -0.2) is 22.1 Å². The van der Waals surface area contributed by atoms with Gasteiger partial charge in [-0.2, -0.15) is 0 Å². The van der Waals surface area contributed by atoms with Crippen molar-refractivity contribution in [2.45, 2.75) is 45.1 Å². The first-order valence-electron chi connectivity index (χ1n) is 8.90. The van der Waals surface area contributed by atoms with Gasteiger partial charge in [0, 0.05) is 30.8 Å². The van der Waals surface area contributed by atoms with Gasteiger partial charge in [0.2, 0.25) is 0 Å². The molecule has 138 valence electrons. The number of aromatic nitrogens is 2. The minimum absolute atomic E-state index is 0.107. The molecule has 0 saturated heterocycles. The minimum Gasteiger partial charge on any atom is -0.336 e. The van der Waals surface area contributed by atoms with Gasteiger partial charge >= 0.3 is 6.03 Å². The van der Waals surface area contributed by atoms with E-state index in [-0.39, 0.29) is 17.9 Å². The van der Waals surface area contributed by atoms with Gasteiger partial charge in [-0.3, -0.25) is 9.36 Å². The van der Waals surface area contributed by atoms with Crippen molar-refractivity contribution in [1.82, 2.24) is 14.9 Å². The van der Waals surface area contributed by atoms with Crippen LogP contribution in [0.5, 0.6) is 0 Å². The van der Waals surface area contributed by atoms with Crippen LogP contribution in [0, 0.1) is 12.7 Å². The van der Waals surface area contributed by atoms with Crippen LogP contribution < -0.4 is 16.2 Å². The second-order valence-corrected chi connectivity index (χ2v) is 6.67. The topological polar surface area (TPSA) is 76.0 Å². The normalized spacial score (nSPS) is 14.4. The molecule has 1 saturated carbocycles. The number of aryl methyl sites for hydroxylation is 1. The number of halogens is 1. The Bertz CT molecular complexity index is 844. The molecule has 0 unspecified atom stereocenters. The molecule has 1 fully saturated rings. The molecule has 0 spiro atoms. The lowest BCUT2D eigenvalue weighted by Crippen LogP contribution is -2.33. The molecular formula is C19H23FN4O2. The largest absolute Gasteiger partial charge is 0.336 e. The average Bonchev–Trinajstić information content (AvgIpc) is 3.14. The summed E-state index contributed by atoms with van der Waals surface area (Å²) in [5.74, 6) is 0.0268. The van der Waals surface area contributed by atoms with Crippen LogP contribution in [0.3, 0.4) is 0 Å². The predicted octanol–water partition coefficient (Wildman–Crippen LogP) is 3.17. The molecule has 1 aliphatic rings. The predicted molar refractivity (Wildman–Crippen MR) is 97.9 cm³/mol. The SMILES string of the molecule is Cc1ccc(NC(=O)NCCn2cnc(C3CCCC3)cc2=O)cc1F. The molecule has 6 nitrogen and oxygen atoms in total. The first-order valence-corrected chi connectivity index (χ1v) is 8.90. The Morgan fingerprint density at radius 3 is 2.77 bits per heavy atom. The third-order valence-corrected chi connectivity index (χ3v) is 4.74. The van der Waals surface area contributed by atoms with Gasteiger partial charge < -0.3 is 10.6 Å². The summed E-state index contributed by atoms with van der Waals surface area (Å²) in [5.41, 5.74) is 1.66. The summed E-state index contributed by atoms with van der Waals surface area (Å²) in [6.45, 7) is 2.25. The van der Waals surface area contributed by atoms with E-state index in [0.29, 0.717) is 23.7 Å². The number of urea groups is 1. The maximum atomic E-state index is 13.5. The zero-order chi connectivity index (χ0) is 18.5. The quantitative estimate of drug-likeness (QED) is 0.862. The smallest absolute Gasteiger partial charge is 0.319 e. The second kappa shape index (κ2) is 8.12. The van der Waals surface area contributed by atoms with E-state index < -0.39 is 6.03 Å². The number of rotatable bonds is 5. The minimum atomic E-state index is -0.447. The van der Waals surface area contributed by atoms with Gasteiger partial charge in [0.25, 0.3) is 5.56 Å². The highest BCUT2D eigenvalue weighted by atomic mass is 19.1. The fraction of sp³-hybridized carbons (Fsp3) is 0.421. The lowest BCUT2D eigenvalue weighted by atomic mass is 10.0. The summed E-state index contributed by atoms with van der Waals surface area (Å²) in [5, 5.41) is 5.21. The van der Waals surface area contributed by atoms with Crippen LogP contribution >= 0.6 is 0 Å². The van der Waals surface area contributed by atoms with Crippen LogP contribution in [0.1, 0.15) is 42.9 Å². The number of anilines is 1. The molecule has 1 aromatic carbocycles. The molecule has 3 rings (SSSR count). The number of carbonyl (C=O) groups excluding carboxylic acids is 1. The van der Waals surface area contributed by atoms with E-state index in [9.17, 15) is 14.0 Å². The Morgan fingerprint density at radius 2 is 2.08 bits per heavy atom. The first-order chi connectivity index (χ1) is 12.5. The highest BCUT2D eigenvalue weighted by molar-refractivity contribution is 5.89. The third kappa shape index (κ3) is 4.47. The Morgan fingerprint density at radius 1 is 1.31 bits per heavy atom. The van der Waals surface area contributed by atoms with Crippen molar-refractivity contribution in [3.8, 4) is 0 Å². The lowest BCUT2D eigenvalue weighted by Gasteiger charge is -2.11. The fourth-order valence-corrected chi connectivity index (χ4v) is 3.19. The van der Waals surface area contributed by atoms with E-state index in [1.54, 1.807) is 31.5 Å². The maximum Gasteiger partial charge on any atom is 0.319 e. The molecule has 26 heavy (non-hydrogen) atoms. The molecule has 1 aromatic heterocycles. The molecule has 7 heteroatoms. The van der Waals surface area contributed by atoms with Crippen LogP contribution in [0.15, 0.2) is 35.4 Å². The van der Waals surface area contributed by atoms with E-state index in [0.717, 1.165) is 18.5 Å². The number of nitrogens with one attached hydrogen (secondary N) is 2. The highest BCUT2D eigenvalue weighted by Crippen LogP contribution is 2.32. The van der Waals surface area contributed by atoms with Crippen LogP contribution in [0.4, 0.5) is 14.9 Å². The van der Waals surface area contributed by atoms with Gasteiger partial charge in [0.15, 0.2) is 0 Å². The van der Waals surface area contributed by atoms with E-state index >= 15 is 0 Å². The monoisotopic (exact) mass is 358 g/mol. The first kappa shape index (κ1) is 18.1. The van der Waals surface area contributed by atoms with Gasteiger partial charge in [0.1, 0.15) is 5.82 Å². The van der Waals surface area contributed by atoms with Gasteiger partial charge in [-0.25, -0.2) is 14.2 Å². The zero-order valence-corrected chi connectivity index (χ0v) is 14.8. The summed E-state index contributed by atoms with van der Waals surface area (Å²) in [7, 11) is 0. The third-order valence-electron chi connectivity index (χ3n) is 4.74. The molecule has 0 atom stereocenters. The molecule has 1 aliphatic carbocycles. The molecule has 2 N–H and O–H groups in total. The Hall–Kier alpha value is -2.70. The van der Waals surface area contributed by atoms with Crippen LogP contribution in [-0.2, 0) is 6.54 Å². The van der Waals surface area contributed by atoms with Crippen molar-refractivity contribution >= 4 is 11.7 Å². The summed E-state index contributed by atoms with van der Waals surface area (Å²) in [6, 6.07) is 5.66. The van der Waals surface area contributed by atoms with Crippen molar-refractivity contribution < 1.29 is 9.18 Å². The Balaban J connectivity index is 1.50. The number of amides is 2. The average molecular weight is 358 g/mol. The van der Waals surface area contributed by atoms with Crippen LogP contribution in [0.2, 0.25) is 0 Å². The van der Waals surface area contributed by atoms with Crippen molar-refractivity contribution in [3.63, 3.8) is 0 Å². The standard InChI is InChI=1S/C19H23FN4O2/c1-13-6-7-15(10-16(13)20)23-19(26)21-8-9-24-12-22-17(11-18(24)25)14-4-2-3-5-14/h6-7,10-12,14H,2-5,8-9H2,1H3,(H2,21,23,26). The summed E-state index contributed by atoms with van der Waals surface area (Å²) in [4.78, 5) is 28.4. The van der Waals surface area contributed by atoms with Gasteiger partial charge in [-0.15, -0.1) is 0 Å². The van der Waals surface area contributed by atoms with Crippen molar-refractivity contribution in [1.29, 1.82) is 0 Å². The number of carbonyl (C=O) groups is 1. The Kier molecular flexibility index (Phi) is 5.65. The molecular weight excluding hydrogens is 335 g/mol. The maximum absolute atomic E-state index is 13.5. The van der Waals surface area contributed by atoms with E-state index in [4.69, 9.17) is 0 Å². The molecule has 0 aliphatic heterocycles. The molecule has 1 heterocycles. The van der Waals surface area contributed by atoms with E-state index in [1.807, 2.05) is 0 Å². The highest BCUT2D eigenvalue weighted by Gasteiger charge is 2.18. The number of nitrogens with zero attached hydrogens (tertiary/aromatic N) is 2. The fourth-order valence-electron chi connectivity index (χ4n) is 3.19. The molecule has 0 radical (unpaired) electrons. The molecule has 0 bridgehead atoms. The van der Waals surface area contributed by atoms with Gasteiger partial charge in [-0.05, 0) is 37.5 Å². The molecule has 2 amide bonds. The number of hydrogen-bond donors (Lipinski definition) is 2. The number of hydrogen-bond acceptors (Lipinski definition) is 3. The van der Waals surface area contributed by atoms with Crippen molar-refractivity contribution in [3.05, 3.63) is 58.0 Å². The lowest BCUT2D eigenvalue weighted by molar-refractivity contribution is 0.251. The molecule has 2 aromatic rings. The van der Waals surface area contributed by atoms with Crippen LogP contribution in [0.25, 0.3) is 0 Å². The van der Waals surface area contributed by atoms with Crippen molar-refractivity contribution in [2.24, 2.45) is 0 Å². The van der Waals surface area contributed by atoms with E-state index in [1.165, 1.54) is 23.5 Å². The Labute approximate surface area is 151 Å². The van der Waals surface area contributed by atoms with E-state index in [2.05, 4.69) is 15.6 Å². The number of benzene rings is 1. The van der Waals surface area contributed by atoms with Gasteiger partial charge in [0.05, 0.1) is 12.0 Å². The second-order valence-electron chi connectivity index (χ2n) is 6.67. The summed E-state index contributed by atoms with van der Waals surface area (Å²) < 4.78 is 15.0. The van der Waals surface area contributed by atoms with Crippen molar-refractivity contribution in [2.75, 3.05) is 11.9 Å². The van der Waals surface area contributed by atoms with Gasteiger partial charge in [-0.1, -0.05) is 18.9 Å². The zero-order valence-electron chi connectivity index (χ0n) is 14.8. The summed E-state index contributed by atoms with van der Waals surface area (Å²) >= 11 is 0. The summed E-state index contributed by atoms with van der Waals surface area (Å²) in [6.07, 6.45) is 6.12.